The molecule has 1 heterocycles. The Kier molecular flexibility index (Phi) is 5.46. The molecule has 0 radical (unpaired) electrons. The number of halogens is 2. The van der Waals surface area contributed by atoms with Crippen molar-refractivity contribution in [2.24, 2.45) is 0 Å². The first-order chi connectivity index (χ1) is 12.0. The molecule has 0 saturated heterocycles. The van der Waals surface area contributed by atoms with Gasteiger partial charge in [-0.1, -0.05) is 61.8 Å². The second-order valence-electron chi connectivity index (χ2n) is 6.16. The normalized spacial score (nSPS) is 11.2. The molecule has 0 fully saturated rings. The van der Waals surface area contributed by atoms with Gasteiger partial charge in [-0.05, 0) is 17.7 Å². The maximum Gasteiger partial charge on any atom is 0.124 e. The number of nitrogens with one attached hydrogen (secondary N) is 1. The Morgan fingerprint density at radius 1 is 1.12 bits per heavy atom. The molecule has 0 unspecified atom stereocenters. The summed E-state index contributed by atoms with van der Waals surface area (Å²) in [7, 11) is 0. The lowest BCUT2D eigenvalue weighted by Crippen LogP contribution is -2.22. The van der Waals surface area contributed by atoms with Gasteiger partial charge in [-0.2, -0.15) is 15.0 Å². The van der Waals surface area contributed by atoms with E-state index in [-0.39, 0.29) is 5.82 Å². The molecular weight excluding hydrogens is 339 g/mol. The Balaban J connectivity index is 1.92. The monoisotopic (exact) mass is 358 g/mol. The fraction of sp³-hybridized carbons (Fsp3) is 0.263. The Morgan fingerprint density at radius 3 is 2.56 bits per heavy atom. The molecule has 6 heteroatoms. The van der Waals surface area contributed by atoms with Crippen molar-refractivity contribution in [3.05, 3.63) is 70.6 Å². The zero-order valence-electron chi connectivity index (χ0n) is 14.2. The van der Waals surface area contributed by atoms with Gasteiger partial charge in [0, 0.05) is 23.2 Å². The average molecular weight is 359 g/mol. The minimum atomic E-state index is -0.353. The molecule has 0 bridgehead atoms. The van der Waals surface area contributed by atoms with E-state index in [0.29, 0.717) is 24.2 Å². The average Bonchev–Trinajstić information content (AvgIpc) is 2.99. The van der Waals surface area contributed by atoms with E-state index in [1.165, 1.54) is 12.1 Å². The van der Waals surface area contributed by atoms with Crippen LogP contribution in [0.5, 0.6) is 0 Å². The van der Waals surface area contributed by atoms with E-state index in [4.69, 9.17) is 11.6 Å². The zero-order valence-corrected chi connectivity index (χ0v) is 15.0. The highest BCUT2D eigenvalue weighted by atomic mass is 35.5. The van der Waals surface area contributed by atoms with Crippen LogP contribution in [0.15, 0.2) is 48.5 Å². The summed E-state index contributed by atoms with van der Waals surface area (Å²) in [5.41, 5.74) is 3.51. The lowest BCUT2D eigenvalue weighted by Gasteiger charge is -2.06. The molecule has 0 aliphatic carbocycles. The number of benzene rings is 2. The smallest absolute Gasteiger partial charge is 0.124 e. The Bertz CT molecular complexity index is 846. The second-order valence-corrected chi connectivity index (χ2v) is 6.57. The Morgan fingerprint density at radius 2 is 1.88 bits per heavy atom. The van der Waals surface area contributed by atoms with E-state index in [1.807, 2.05) is 30.3 Å². The fourth-order valence-electron chi connectivity index (χ4n) is 2.50. The van der Waals surface area contributed by atoms with E-state index in [9.17, 15) is 4.39 Å². The summed E-state index contributed by atoms with van der Waals surface area (Å²) in [6, 6.07) is 14.7. The van der Waals surface area contributed by atoms with Crippen LogP contribution < -0.4 is 5.32 Å². The minimum absolute atomic E-state index is 0.348. The molecule has 4 nitrogen and oxygen atoms in total. The molecule has 0 spiro atoms. The van der Waals surface area contributed by atoms with Crippen LogP contribution >= 0.6 is 11.6 Å². The van der Waals surface area contributed by atoms with Gasteiger partial charge < -0.3 is 5.32 Å². The third kappa shape index (κ3) is 4.44. The second kappa shape index (κ2) is 7.76. The standard InChI is InChI=1S/C19H20ClFN4/c1-13(2)22-11-18-19(14-6-4-3-5-7-14)24-25(23-18)12-15-8-9-16(21)10-17(15)20/h3-10,13,22H,11-12H2,1-2H3. The van der Waals surface area contributed by atoms with Gasteiger partial charge in [-0.15, -0.1) is 0 Å². The van der Waals surface area contributed by atoms with E-state index in [1.54, 1.807) is 10.9 Å². The van der Waals surface area contributed by atoms with Crippen LogP contribution in [0.3, 0.4) is 0 Å². The quantitative estimate of drug-likeness (QED) is 0.715. The summed E-state index contributed by atoms with van der Waals surface area (Å²) < 4.78 is 13.2. The first-order valence-corrected chi connectivity index (χ1v) is 8.57. The molecule has 25 heavy (non-hydrogen) atoms. The van der Waals surface area contributed by atoms with E-state index < -0.39 is 0 Å². The lowest BCUT2D eigenvalue weighted by atomic mass is 10.1. The molecule has 0 amide bonds. The Hall–Kier alpha value is -2.24. The highest BCUT2D eigenvalue weighted by molar-refractivity contribution is 6.31. The third-order valence-electron chi connectivity index (χ3n) is 3.78. The van der Waals surface area contributed by atoms with Crippen molar-refractivity contribution in [1.82, 2.24) is 20.3 Å². The molecule has 0 saturated carbocycles. The Labute approximate surface area is 151 Å². The van der Waals surface area contributed by atoms with Crippen molar-refractivity contribution in [3.8, 4) is 11.3 Å². The molecule has 3 rings (SSSR count). The van der Waals surface area contributed by atoms with Crippen LogP contribution in [0.4, 0.5) is 4.39 Å². The summed E-state index contributed by atoms with van der Waals surface area (Å²) >= 11 is 6.12. The summed E-state index contributed by atoms with van der Waals surface area (Å²) in [5.74, 6) is -0.353. The molecular formula is C19H20ClFN4. The van der Waals surface area contributed by atoms with Gasteiger partial charge in [-0.25, -0.2) is 4.39 Å². The van der Waals surface area contributed by atoms with Crippen molar-refractivity contribution in [3.63, 3.8) is 0 Å². The predicted octanol–water partition coefficient (Wildman–Crippen LogP) is 4.28. The number of hydrogen-bond donors (Lipinski definition) is 1. The van der Waals surface area contributed by atoms with Gasteiger partial charge in [0.05, 0.1) is 6.54 Å². The fourth-order valence-corrected chi connectivity index (χ4v) is 2.72. The first kappa shape index (κ1) is 17.6. The van der Waals surface area contributed by atoms with Crippen molar-refractivity contribution < 1.29 is 4.39 Å². The molecule has 1 N–H and O–H groups in total. The molecule has 3 aromatic rings. The molecule has 0 atom stereocenters. The number of aromatic nitrogens is 3. The van der Waals surface area contributed by atoms with Crippen LogP contribution in [-0.2, 0) is 13.1 Å². The summed E-state index contributed by atoms with van der Waals surface area (Å²) in [4.78, 5) is 1.61. The van der Waals surface area contributed by atoms with Crippen molar-refractivity contribution in [2.45, 2.75) is 33.0 Å². The molecule has 130 valence electrons. The molecule has 1 aromatic heterocycles. The van der Waals surface area contributed by atoms with E-state index in [2.05, 4.69) is 29.4 Å². The van der Waals surface area contributed by atoms with Gasteiger partial charge in [0.25, 0.3) is 0 Å². The van der Waals surface area contributed by atoms with Gasteiger partial charge in [0.2, 0.25) is 0 Å². The first-order valence-electron chi connectivity index (χ1n) is 8.19. The lowest BCUT2D eigenvalue weighted by molar-refractivity contribution is 0.554. The van der Waals surface area contributed by atoms with Gasteiger partial charge >= 0.3 is 0 Å². The summed E-state index contributed by atoms with van der Waals surface area (Å²) in [6.45, 7) is 5.19. The number of rotatable bonds is 6. The van der Waals surface area contributed by atoms with Gasteiger partial charge in [0.15, 0.2) is 0 Å². The van der Waals surface area contributed by atoms with E-state index >= 15 is 0 Å². The predicted molar refractivity (Wildman–Crippen MR) is 97.9 cm³/mol. The van der Waals surface area contributed by atoms with Crippen LogP contribution in [0.2, 0.25) is 5.02 Å². The topological polar surface area (TPSA) is 42.7 Å². The zero-order chi connectivity index (χ0) is 17.8. The van der Waals surface area contributed by atoms with Crippen LogP contribution in [0, 0.1) is 5.82 Å². The van der Waals surface area contributed by atoms with Crippen molar-refractivity contribution in [2.75, 3.05) is 0 Å². The SMILES string of the molecule is CC(C)NCc1nn(Cc2ccc(F)cc2Cl)nc1-c1ccccc1. The summed E-state index contributed by atoms with van der Waals surface area (Å²) in [5, 5.41) is 13.0. The highest BCUT2D eigenvalue weighted by Crippen LogP contribution is 2.22. The minimum Gasteiger partial charge on any atom is -0.309 e. The third-order valence-corrected chi connectivity index (χ3v) is 4.13. The highest BCUT2D eigenvalue weighted by Gasteiger charge is 2.14. The number of nitrogens with zero attached hydrogens (tertiary/aromatic N) is 3. The van der Waals surface area contributed by atoms with Gasteiger partial charge in [-0.3, -0.25) is 0 Å². The molecule has 0 aliphatic rings. The molecule has 2 aromatic carbocycles. The summed E-state index contributed by atoms with van der Waals surface area (Å²) in [6.07, 6.45) is 0. The van der Waals surface area contributed by atoms with Crippen LogP contribution in [0.25, 0.3) is 11.3 Å². The van der Waals surface area contributed by atoms with E-state index in [0.717, 1.165) is 22.5 Å². The van der Waals surface area contributed by atoms with Crippen molar-refractivity contribution in [1.29, 1.82) is 0 Å². The largest absolute Gasteiger partial charge is 0.309 e. The van der Waals surface area contributed by atoms with Crippen LogP contribution in [0.1, 0.15) is 25.1 Å². The van der Waals surface area contributed by atoms with Crippen molar-refractivity contribution >= 4 is 11.6 Å². The number of hydrogen-bond acceptors (Lipinski definition) is 3. The van der Waals surface area contributed by atoms with Gasteiger partial charge in [0.1, 0.15) is 17.2 Å². The maximum atomic E-state index is 13.2. The van der Waals surface area contributed by atoms with Crippen LogP contribution in [-0.4, -0.2) is 21.0 Å². The molecule has 0 aliphatic heterocycles. The maximum absolute atomic E-state index is 13.2.